The van der Waals surface area contributed by atoms with Gasteiger partial charge < -0.3 is 10.1 Å². The van der Waals surface area contributed by atoms with E-state index in [1.54, 1.807) is 12.5 Å². The van der Waals surface area contributed by atoms with Crippen molar-refractivity contribution in [3.63, 3.8) is 0 Å². The van der Waals surface area contributed by atoms with Crippen molar-refractivity contribution in [1.82, 2.24) is 29.4 Å². The van der Waals surface area contributed by atoms with Gasteiger partial charge in [-0.3, -0.25) is 9.08 Å². The number of fused-ring (bicyclic) bond motifs is 1. The third-order valence-electron chi connectivity index (χ3n) is 3.94. The molecule has 0 radical (unpaired) electrons. The van der Waals surface area contributed by atoms with E-state index >= 15 is 0 Å². The minimum Gasteiger partial charge on any atom is -0.371 e. The van der Waals surface area contributed by atoms with Crippen molar-refractivity contribution < 1.29 is 4.74 Å². The van der Waals surface area contributed by atoms with Crippen LogP contribution < -0.4 is 5.32 Å². The molecule has 0 aromatic carbocycles. The first kappa shape index (κ1) is 13.2. The second-order valence-corrected chi connectivity index (χ2v) is 5.30. The van der Waals surface area contributed by atoms with Gasteiger partial charge >= 0.3 is 0 Å². The van der Waals surface area contributed by atoms with Crippen LogP contribution in [0.15, 0.2) is 31.1 Å². The Morgan fingerprint density at radius 1 is 1.45 bits per heavy atom. The molecular formula is C14H17N7O. The van der Waals surface area contributed by atoms with Gasteiger partial charge in [-0.05, 0) is 13.3 Å². The molecule has 4 rings (SSSR count). The van der Waals surface area contributed by atoms with Crippen LogP contribution in [0.25, 0.3) is 5.65 Å². The van der Waals surface area contributed by atoms with Gasteiger partial charge in [0.25, 0.3) is 0 Å². The molecule has 0 amide bonds. The summed E-state index contributed by atoms with van der Waals surface area (Å²) in [4.78, 5) is 4.38. The van der Waals surface area contributed by atoms with Crippen LogP contribution in [-0.2, 0) is 11.3 Å². The lowest BCUT2D eigenvalue weighted by Gasteiger charge is -2.19. The third kappa shape index (κ3) is 2.21. The standard InChI is InChI=1S/C14H17N7O/c1-2-21-8-10(7-17-21)12-11(3-6-22-12)18-13-14-19-16-9-20(14)5-4-15-13/h4-5,7-9,11-12H,2-3,6H2,1H3,(H,15,18)/t11-,12+/m0/s1. The molecule has 0 unspecified atom stereocenters. The summed E-state index contributed by atoms with van der Waals surface area (Å²) >= 11 is 0. The van der Waals surface area contributed by atoms with E-state index in [0.717, 1.165) is 36.6 Å². The molecule has 2 atom stereocenters. The lowest BCUT2D eigenvalue weighted by atomic mass is 10.1. The second-order valence-electron chi connectivity index (χ2n) is 5.30. The number of hydrogen-bond donors (Lipinski definition) is 1. The van der Waals surface area contributed by atoms with E-state index in [0.29, 0.717) is 0 Å². The SMILES string of the molecule is CCn1cc([C@H]2OCC[C@@H]2Nc2nccn3cnnc23)cn1. The fourth-order valence-corrected chi connectivity index (χ4v) is 2.80. The maximum atomic E-state index is 5.89. The lowest BCUT2D eigenvalue weighted by molar-refractivity contribution is 0.107. The molecule has 1 aliphatic heterocycles. The highest BCUT2D eigenvalue weighted by atomic mass is 16.5. The number of aryl methyl sites for hydroxylation is 1. The van der Waals surface area contributed by atoms with Gasteiger partial charge in [0.15, 0.2) is 5.82 Å². The molecule has 22 heavy (non-hydrogen) atoms. The zero-order valence-electron chi connectivity index (χ0n) is 12.3. The van der Waals surface area contributed by atoms with Gasteiger partial charge in [-0.25, -0.2) is 4.98 Å². The summed E-state index contributed by atoms with van der Waals surface area (Å²) in [5.41, 5.74) is 1.81. The smallest absolute Gasteiger partial charge is 0.203 e. The molecule has 1 saturated heterocycles. The third-order valence-corrected chi connectivity index (χ3v) is 3.94. The van der Waals surface area contributed by atoms with E-state index in [4.69, 9.17) is 4.74 Å². The van der Waals surface area contributed by atoms with Crippen molar-refractivity contribution in [3.8, 4) is 0 Å². The molecule has 0 bridgehead atoms. The lowest BCUT2D eigenvalue weighted by Crippen LogP contribution is -2.24. The van der Waals surface area contributed by atoms with Gasteiger partial charge in [-0.15, -0.1) is 10.2 Å². The molecular weight excluding hydrogens is 282 g/mol. The van der Waals surface area contributed by atoms with Crippen LogP contribution in [0.5, 0.6) is 0 Å². The van der Waals surface area contributed by atoms with Crippen molar-refractivity contribution in [2.75, 3.05) is 11.9 Å². The normalized spacial score (nSPS) is 21.5. The van der Waals surface area contributed by atoms with Gasteiger partial charge in [-0.1, -0.05) is 0 Å². The van der Waals surface area contributed by atoms with Crippen molar-refractivity contribution in [1.29, 1.82) is 0 Å². The number of ether oxygens (including phenoxy) is 1. The summed E-state index contributed by atoms with van der Waals surface area (Å²) in [7, 11) is 0. The quantitative estimate of drug-likeness (QED) is 0.781. The molecule has 4 heterocycles. The first-order valence-corrected chi connectivity index (χ1v) is 7.40. The molecule has 0 saturated carbocycles. The fraction of sp³-hybridized carbons (Fsp3) is 0.429. The highest BCUT2D eigenvalue weighted by molar-refractivity contribution is 5.62. The fourth-order valence-electron chi connectivity index (χ4n) is 2.80. The predicted octanol–water partition coefficient (Wildman–Crippen LogP) is 1.28. The van der Waals surface area contributed by atoms with Crippen molar-refractivity contribution >= 4 is 11.5 Å². The van der Waals surface area contributed by atoms with Gasteiger partial charge in [-0.2, -0.15) is 5.10 Å². The number of hydrogen-bond acceptors (Lipinski definition) is 6. The molecule has 1 N–H and O–H groups in total. The number of aromatic nitrogens is 6. The van der Waals surface area contributed by atoms with E-state index < -0.39 is 0 Å². The first-order valence-electron chi connectivity index (χ1n) is 7.40. The Labute approximate surface area is 127 Å². The van der Waals surface area contributed by atoms with Gasteiger partial charge in [0, 0.05) is 37.3 Å². The Bertz CT molecular complexity index is 780. The van der Waals surface area contributed by atoms with Gasteiger partial charge in [0.1, 0.15) is 12.4 Å². The highest BCUT2D eigenvalue weighted by Gasteiger charge is 2.31. The monoisotopic (exact) mass is 299 g/mol. The molecule has 3 aromatic heterocycles. The summed E-state index contributed by atoms with van der Waals surface area (Å²) < 4.78 is 9.64. The Balaban J connectivity index is 1.60. The van der Waals surface area contributed by atoms with E-state index in [-0.39, 0.29) is 12.1 Å². The number of anilines is 1. The van der Waals surface area contributed by atoms with Crippen LogP contribution in [-0.4, -0.2) is 42.0 Å². The molecule has 1 fully saturated rings. The van der Waals surface area contributed by atoms with Crippen molar-refractivity contribution in [3.05, 3.63) is 36.7 Å². The average Bonchev–Trinajstić information content (AvgIpc) is 3.27. The highest BCUT2D eigenvalue weighted by Crippen LogP contribution is 2.31. The Morgan fingerprint density at radius 3 is 3.27 bits per heavy atom. The van der Waals surface area contributed by atoms with Crippen LogP contribution in [0.3, 0.4) is 0 Å². The minimum atomic E-state index is -0.0229. The summed E-state index contributed by atoms with van der Waals surface area (Å²) in [6.07, 6.45) is 10.0. The Kier molecular flexibility index (Phi) is 3.23. The van der Waals surface area contributed by atoms with E-state index in [2.05, 4.69) is 32.5 Å². The molecule has 114 valence electrons. The zero-order chi connectivity index (χ0) is 14.9. The van der Waals surface area contributed by atoms with Gasteiger partial charge in [0.05, 0.1) is 12.2 Å². The van der Waals surface area contributed by atoms with Crippen LogP contribution >= 0.6 is 0 Å². The largest absolute Gasteiger partial charge is 0.371 e. The Hall–Kier alpha value is -2.48. The molecule has 1 aliphatic rings. The maximum absolute atomic E-state index is 5.89. The van der Waals surface area contributed by atoms with Crippen LogP contribution in [0.1, 0.15) is 25.0 Å². The summed E-state index contributed by atoms with van der Waals surface area (Å²) in [6.45, 7) is 3.64. The Morgan fingerprint density at radius 2 is 2.41 bits per heavy atom. The first-order chi connectivity index (χ1) is 10.8. The zero-order valence-corrected chi connectivity index (χ0v) is 12.3. The topological polar surface area (TPSA) is 82.2 Å². The minimum absolute atomic E-state index is 0.0229. The second kappa shape index (κ2) is 5.38. The average molecular weight is 299 g/mol. The molecule has 3 aromatic rings. The molecule has 0 aliphatic carbocycles. The summed E-state index contributed by atoms with van der Waals surface area (Å²) in [6, 6.07) is 0.143. The summed E-state index contributed by atoms with van der Waals surface area (Å²) in [5.74, 6) is 0.725. The maximum Gasteiger partial charge on any atom is 0.203 e. The predicted molar refractivity (Wildman–Crippen MR) is 79.4 cm³/mol. The number of nitrogens with zero attached hydrogens (tertiary/aromatic N) is 6. The molecule has 0 spiro atoms. The van der Waals surface area contributed by atoms with Gasteiger partial charge in [0.2, 0.25) is 5.65 Å². The van der Waals surface area contributed by atoms with E-state index in [1.165, 1.54) is 0 Å². The molecule has 8 nitrogen and oxygen atoms in total. The number of nitrogens with one attached hydrogen (secondary N) is 1. The molecule has 8 heteroatoms. The number of rotatable bonds is 4. The van der Waals surface area contributed by atoms with Crippen LogP contribution in [0, 0.1) is 0 Å². The van der Waals surface area contributed by atoms with E-state index in [1.807, 2.05) is 27.7 Å². The van der Waals surface area contributed by atoms with Crippen LogP contribution in [0.2, 0.25) is 0 Å². The summed E-state index contributed by atoms with van der Waals surface area (Å²) in [5, 5.41) is 15.8. The van der Waals surface area contributed by atoms with Crippen LogP contribution in [0.4, 0.5) is 5.82 Å². The van der Waals surface area contributed by atoms with Crippen molar-refractivity contribution in [2.24, 2.45) is 0 Å². The van der Waals surface area contributed by atoms with E-state index in [9.17, 15) is 0 Å². The van der Waals surface area contributed by atoms with Crippen molar-refractivity contribution in [2.45, 2.75) is 32.0 Å².